The second-order valence-electron chi connectivity index (χ2n) is 6.72. The quantitative estimate of drug-likeness (QED) is 0.455. The number of unbranched alkanes of at least 4 members (excludes halogenated alkanes) is 2. The molecular formula is C23H42O. The Labute approximate surface area is 152 Å². The average Bonchev–Trinajstić information content (AvgIpc) is 2.51. The van der Waals surface area contributed by atoms with E-state index in [0.717, 1.165) is 6.42 Å². The Hall–Kier alpha value is -1.11. The molecule has 1 rings (SSSR count). The minimum atomic E-state index is 0.287. The van der Waals surface area contributed by atoms with E-state index in [4.69, 9.17) is 0 Å². The molecule has 0 heterocycles. The van der Waals surface area contributed by atoms with Gasteiger partial charge >= 0.3 is 0 Å². The molecule has 140 valence electrons. The zero-order chi connectivity index (χ0) is 19.0. The summed E-state index contributed by atoms with van der Waals surface area (Å²) < 4.78 is 0. The number of carbonyl (C=O) groups excluding carboxylic acids is 1. The zero-order valence-electron chi connectivity index (χ0n) is 17.7. The van der Waals surface area contributed by atoms with Gasteiger partial charge in [-0.1, -0.05) is 79.0 Å². The molecule has 1 aromatic carbocycles. The summed E-state index contributed by atoms with van der Waals surface area (Å²) in [6.07, 6.45) is 8.51. The molecule has 0 spiro atoms. The monoisotopic (exact) mass is 334 g/mol. The van der Waals surface area contributed by atoms with E-state index in [1.807, 2.05) is 27.7 Å². The first kappa shape index (κ1) is 25.1. The Kier molecular flexibility index (Phi) is 17.5. The minimum absolute atomic E-state index is 0.287. The average molecular weight is 335 g/mol. The van der Waals surface area contributed by atoms with Crippen LogP contribution in [0.3, 0.4) is 0 Å². The Morgan fingerprint density at radius 3 is 2.04 bits per heavy atom. The smallest absolute Gasteiger partial charge is 0.130 e. The highest BCUT2D eigenvalue weighted by Gasteiger charge is 2.04. The van der Waals surface area contributed by atoms with Crippen molar-refractivity contribution in [2.45, 2.75) is 100 Å². The Balaban J connectivity index is 0. The van der Waals surface area contributed by atoms with Crippen molar-refractivity contribution in [3.8, 4) is 0 Å². The fourth-order valence-corrected chi connectivity index (χ4v) is 2.75. The topological polar surface area (TPSA) is 17.1 Å². The van der Waals surface area contributed by atoms with Crippen LogP contribution in [0, 0.1) is 12.8 Å². The Bertz CT molecular complexity index is 418. The molecule has 0 radical (unpaired) electrons. The van der Waals surface area contributed by atoms with Gasteiger partial charge < -0.3 is 4.79 Å². The highest BCUT2D eigenvalue weighted by atomic mass is 16.1. The second-order valence-corrected chi connectivity index (χ2v) is 6.72. The zero-order valence-corrected chi connectivity index (χ0v) is 17.7. The molecule has 0 aliphatic rings. The lowest BCUT2D eigenvalue weighted by Gasteiger charge is -2.11. The molecule has 0 bridgehead atoms. The molecule has 0 fully saturated rings. The van der Waals surface area contributed by atoms with Crippen molar-refractivity contribution in [2.75, 3.05) is 0 Å². The van der Waals surface area contributed by atoms with Crippen LogP contribution in [0.4, 0.5) is 0 Å². The number of Topliss-reactive ketones (excluding diaryl/α,β-unsaturated/α-hetero) is 1. The van der Waals surface area contributed by atoms with E-state index in [2.05, 4.69) is 39.0 Å². The van der Waals surface area contributed by atoms with Gasteiger partial charge in [0.15, 0.2) is 0 Å². The van der Waals surface area contributed by atoms with Crippen LogP contribution in [0.25, 0.3) is 0 Å². The number of aryl methyl sites for hydroxylation is 2. The van der Waals surface area contributed by atoms with E-state index in [1.54, 1.807) is 18.1 Å². The molecule has 0 saturated heterocycles. The van der Waals surface area contributed by atoms with Crippen LogP contribution in [0.1, 0.15) is 97.3 Å². The maximum absolute atomic E-state index is 10.3. The molecule has 1 heteroatoms. The van der Waals surface area contributed by atoms with Crippen LogP contribution in [0.5, 0.6) is 0 Å². The molecule has 1 aromatic rings. The van der Waals surface area contributed by atoms with Crippen LogP contribution >= 0.6 is 0 Å². The van der Waals surface area contributed by atoms with Crippen molar-refractivity contribution in [1.82, 2.24) is 0 Å². The normalized spacial score (nSPS) is 9.71. The Morgan fingerprint density at radius 2 is 1.62 bits per heavy atom. The van der Waals surface area contributed by atoms with Gasteiger partial charge in [-0.25, -0.2) is 0 Å². The van der Waals surface area contributed by atoms with E-state index in [1.165, 1.54) is 44.1 Å². The van der Waals surface area contributed by atoms with Crippen LogP contribution in [0.2, 0.25) is 0 Å². The molecule has 0 aliphatic heterocycles. The third kappa shape index (κ3) is 13.3. The first-order valence-corrected chi connectivity index (χ1v) is 9.99. The lowest BCUT2D eigenvalue weighted by molar-refractivity contribution is -0.117. The first-order chi connectivity index (χ1) is 11.4. The third-order valence-electron chi connectivity index (χ3n) is 3.75. The fraction of sp³-hybridized carbons (Fsp3) is 0.696. The van der Waals surface area contributed by atoms with E-state index < -0.39 is 0 Å². The summed E-state index contributed by atoms with van der Waals surface area (Å²) in [5, 5.41) is 0. The molecule has 0 aliphatic carbocycles. The maximum atomic E-state index is 10.3. The number of hydrogen-bond donors (Lipinski definition) is 0. The van der Waals surface area contributed by atoms with Gasteiger partial charge in [0, 0.05) is 6.42 Å². The van der Waals surface area contributed by atoms with Crippen LogP contribution in [-0.2, 0) is 17.6 Å². The van der Waals surface area contributed by atoms with Crippen LogP contribution in [0.15, 0.2) is 18.2 Å². The van der Waals surface area contributed by atoms with E-state index in [-0.39, 0.29) is 5.78 Å². The summed E-state index contributed by atoms with van der Waals surface area (Å²) in [4.78, 5) is 10.3. The molecule has 24 heavy (non-hydrogen) atoms. The first-order valence-electron chi connectivity index (χ1n) is 9.99. The minimum Gasteiger partial charge on any atom is -0.300 e. The van der Waals surface area contributed by atoms with Crippen molar-refractivity contribution in [2.24, 2.45) is 5.92 Å². The molecule has 0 N–H and O–H groups in total. The number of hydrogen-bond acceptors (Lipinski definition) is 1. The van der Waals surface area contributed by atoms with E-state index in [9.17, 15) is 4.79 Å². The largest absolute Gasteiger partial charge is 0.300 e. The molecule has 0 atom stereocenters. The third-order valence-corrected chi connectivity index (χ3v) is 3.75. The highest BCUT2D eigenvalue weighted by molar-refractivity contribution is 5.75. The molecular weight excluding hydrogens is 292 g/mol. The molecule has 1 nitrogen and oxygen atoms in total. The van der Waals surface area contributed by atoms with Crippen molar-refractivity contribution in [1.29, 1.82) is 0 Å². The van der Waals surface area contributed by atoms with Gasteiger partial charge in [0.25, 0.3) is 0 Å². The highest BCUT2D eigenvalue weighted by Crippen LogP contribution is 2.18. The maximum Gasteiger partial charge on any atom is 0.130 e. The molecule has 0 unspecified atom stereocenters. The number of rotatable bonds is 8. The Morgan fingerprint density at radius 1 is 1.00 bits per heavy atom. The number of benzene rings is 1. The summed E-state index contributed by atoms with van der Waals surface area (Å²) in [6, 6.07) is 6.75. The number of ketones is 1. The number of carbonyl (C=O) groups is 1. The lowest BCUT2D eigenvalue weighted by atomic mass is 9.94. The summed E-state index contributed by atoms with van der Waals surface area (Å²) >= 11 is 0. The van der Waals surface area contributed by atoms with Crippen molar-refractivity contribution < 1.29 is 4.79 Å². The van der Waals surface area contributed by atoms with E-state index >= 15 is 0 Å². The lowest BCUT2D eigenvalue weighted by Crippen LogP contribution is -1.97. The van der Waals surface area contributed by atoms with Gasteiger partial charge in [-0.3, -0.25) is 0 Å². The predicted molar refractivity (Wildman–Crippen MR) is 110 cm³/mol. The summed E-state index contributed by atoms with van der Waals surface area (Å²) in [5.74, 6) is 0.813. The second kappa shape index (κ2) is 16.7. The van der Waals surface area contributed by atoms with Gasteiger partial charge in [-0.2, -0.15) is 0 Å². The van der Waals surface area contributed by atoms with Gasteiger partial charge in [0.05, 0.1) is 0 Å². The van der Waals surface area contributed by atoms with Crippen LogP contribution < -0.4 is 0 Å². The van der Waals surface area contributed by atoms with Gasteiger partial charge in [0.1, 0.15) is 5.78 Å². The predicted octanol–water partition coefficient (Wildman–Crippen LogP) is 7.33. The van der Waals surface area contributed by atoms with Crippen molar-refractivity contribution in [3.05, 3.63) is 34.9 Å². The summed E-state index contributed by atoms with van der Waals surface area (Å²) in [5.41, 5.74) is 4.68. The molecule has 0 saturated carbocycles. The summed E-state index contributed by atoms with van der Waals surface area (Å²) in [7, 11) is 0. The standard InChI is InChI=1S/C15H24.C6H12O.C2H6/c1-4-6-7-12-15-13(3)10-8-11-14(15)9-5-2;1-5(2)4-6(3)7;1-2/h8,10-11H,4-7,9,12H2,1-3H3;5H,4H2,1-3H3;1-2H3. The molecule has 0 amide bonds. The van der Waals surface area contributed by atoms with Gasteiger partial charge in [-0.05, 0) is 55.7 Å². The van der Waals surface area contributed by atoms with Crippen LogP contribution in [-0.4, -0.2) is 5.78 Å². The SMILES string of the molecule is CC.CC(=O)CC(C)C.CCCCCc1c(C)cccc1CCC. The summed E-state index contributed by atoms with van der Waals surface area (Å²) in [6.45, 7) is 16.5. The molecule has 0 aromatic heterocycles. The van der Waals surface area contributed by atoms with E-state index in [0.29, 0.717) is 5.92 Å². The van der Waals surface area contributed by atoms with Gasteiger partial charge in [-0.15, -0.1) is 0 Å². The fourth-order valence-electron chi connectivity index (χ4n) is 2.75. The van der Waals surface area contributed by atoms with Crippen molar-refractivity contribution in [3.63, 3.8) is 0 Å². The van der Waals surface area contributed by atoms with Crippen molar-refractivity contribution >= 4 is 5.78 Å². The van der Waals surface area contributed by atoms with Gasteiger partial charge in [0.2, 0.25) is 0 Å².